The first-order valence-corrected chi connectivity index (χ1v) is 7.27. The molecule has 0 amide bonds. The molecule has 2 aromatic carbocycles. The summed E-state index contributed by atoms with van der Waals surface area (Å²) in [6, 6.07) is 21.1. The Morgan fingerprint density at radius 1 is 0.913 bits per heavy atom. The van der Waals surface area contributed by atoms with Crippen LogP contribution < -0.4 is 0 Å². The summed E-state index contributed by atoms with van der Waals surface area (Å²) in [7, 11) is 1.38. The summed E-state index contributed by atoms with van der Waals surface area (Å²) in [5, 5.41) is 0. The second kappa shape index (κ2) is 6.79. The van der Waals surface area contributed by atoms with Crippen LogP contribution in [-0.2, 0) is 4.74 Å². The van der Waals surface area contributed by atoms with Crippen molar-refractivity contribution in [3.8, 4) is 0 Å². The van der Waals surface area contributed by atoms with Gasteiger partial charge in [0.2, 0.25) is 0 Å². The summed E-state index contributed by atoms with van der Waals surface area (Å²) in [5.41, 5.74) is 3.57. The van der Waals surface area contributed by atoms with Crippen molar-refractivity contribution in [3.63, 3.8) is 0 Å². The molecule has 0 aliphatic heterocycles. The molecule has 3 heteroatoms. The van der Waals surface area contributed by atoms with Gasteiger partial charge in [-0.05, 0) is 41.5 Å². The van der Waals surface area contributed by atoms with Gasteiger partial charge in [0, 0.05) is 5.57 Å². The molecule has 0 unspecified atom stereocenters. The van der Waals surface area contributed by atoms with Crippen LogP contribution in [0, 0.1) is 0 Å². The fraction of sp³-hybridized carbons (Fsp3) is 0.0500. The van der Waals surface area contributed by atoms with Crippen molar-refractivity contribution in [2.75, 3.05) is 7.11 Å². The molecular formula is C20H16O3. The zero-order chi connectivity index (χ0) is 16.1. The minimum Gasteiger partial charge on any atom is -0.465 e. The molecule has 1 aromatic heterocycles. The van der Waals surface area contributed by atoms with Gasteiger partial charge in [0.05, 0.1) is 18.9 Å². The van der Waals surface area contributed by atoms with Gasteiger partial charge in [-0.15, -0.1) is 0 Å². The molecule has 3 rings (SSSR count). The Kier molecular flexibility index (Phi) is 4.39. The van der Waals surface area contributed by atoms with E-state index in [0.29, 0.717) is 5.56 Å². The Bertz CT molecular complexity index is 798. The molecule has 3 aromatic rings. The van der Waals surface area contributed by atoms with E-state index in [1.807, 2.05) is 60.7 Å². The van der Waals surface area contributed by atoms with Gasteiger partial charge in [0.15, 0.2) is 0 Å². The van der Waals surface area contributed by atoms with Gasteiger partial charge in [-0.3, -0.25) is 0 Å². The van der Waals surface area contributed by atoms with Crippen LogP contribution in [0.3, 0.4) is 0 Å². The average Bonchev–Trinajstić information content (AvgIpc) is 3.14. The monoisotopic (exact) mass is 304 g/mol. The van der Waals surface area contributed by atoms with E-state index in [-0.39, 0.29) is 5.97 Å². The van der Waals surface area contributed by atoms with Crippen LogP contribution in [0.5, 0.6) is 0 Å². The maximum atomic E-state index is 11.5. The summed E-state index contributed by atoms with van der Waals surface area (Å²) >= 11 is 0. The highest BCUT2D eigenvalue weighted by molar-refractivity contribution is 5.92. The number of methoxy groups -OCH3 is 1. The SMILES string of the molecule is COC(=O)c1ccc(/C=C(\c2ccccc2)c2ccco2)cc1. The summed E-state index contributed by atoms with van der Waals surface area (Å²) in [5.74, 6) is 0.461. The largest absolute Gasteiger partial charge is 0.465 e. The minimum absolute atomic E-state index is 0.338. The standard InChI is InChI=1S/C20H16O3/c1-22-20(21)17-11-9-15(10-12-17)14-18(19-8-5-13-23-19)16-6-3-2-4-7-16/h2-14H,1H3/b18-14+. The number of benzene rings is 2. The quantitative estimate of drug-likeness (QED) is 0.520. The number of hydrogen-bond acceptors (Lipinski definition) is 3. The third kappa shape index (κ3) is 3.40. The first kappa shape index (κ1) is 14.9. The van der Waals surface area contributed by atoms with E-state index in [9.17, 15) is 4.79 Å². The van der Waals surface area contributed by atoms with E-state index >= 15 is 0 Å². The first-order chi connectivity index (χ1) is 11.3. The lowest BCUT2D eigenvalue weighted by Crippen LogP contribution is -2.00. The van der Waals surface area contributed by atoms with Gasteiger partial charge in [0.1, 0.15) is 5.76 Å². The van der Waals surface area contributed by atoms with Crippen LogP contribution in [0.25, 0.3) is 11.6 Å². The fourth-order valence-electron chi connectivity index (χ4n) is 2.35. The number of ether oxygens (including phenoxy) is 1. The Morgan fingerprint density at radius 3 is 2.26 bits per heavy atom. The van der Waals surface area contributed by atoms with Crippen LogP contribution in [-0.4, -0.2) is 13.1 Å². The van der Waals surface area contributed by atoms with E-state index in [4.69, 9.17) is 9.15 Å². The Labute approximate surface area is 134 Å². The van der Waals surface area contributed by atoms with Crippen molar-refractivity contribution in [1.82, 2.24) is 0 Å². The van der Waals surface area contributed by atoms with E-state index in [2.05, 4.69) is 0 Å². The molecule has 0 saturated carbocycles. The summed E-state index contributed by atoms with van der Waals surface area (Å²) in [6.07, 6.45) is 3.70. The minimum atomic E-state index is -0.338. The maximum Gasteiger partial charge on any atom is 0.337 e. The first-order valence-electron chi connectivity index (χ1n) is 7.27. The Balaban J connectivity index is 2.00. The van der Waals surface area contributed by atoms with Gasteiger partial charge >= 0.3 is 5.97 Å². The molecule has 3 nitrogen and oxygen atoms in total. The van der Waals surface area contributed by atoms with Gasteiger partial charge in [-0.1, -0.05) is 42.5 Å². The normalized spacial score (nSPS) is 11.3. The molecule has 0 saturated heterocycles. The Morgan fingerprint density at radius 2 is 1.65 bits per heavy atom. The molecule has 0 radical (unpaired) electrons. The molecule has 23 heavy (non-hydrogen) atoms. The van der Waals surface area contributed by atoms with Gasteiger partial charge in [0.25, 0.3) is 0 Å². The van der Waals surface area contributed by atoms with E-state index in [0.717, 1.165) is 22.5 Å². The zero-order valence-corrected chi connectivity index (χ0v) is 12.7. The number of carbonyl (C=O) groups excluding carboxylic acids is 1. The zero-order valence-electron chi connectivity index (χ0n) is 12.7. The molecule has 0 spiro atoms. The van der Waals surface area contributed by atoms with Crippen molar-refractivity contribution in [2.24, 2.45) is 0 Å². The fourth-order valence-corrected chi connectivity index (χ4v) is 2.35. The van der Waals surface area contributed by atoms with Crippen LogP contribution >= 0.6 is 0 Å². The highest BCUT2D eigenvalue weighted by Crippen LogP contribution is 2.26. The second-order valence-electron chi connectivity index (χ2n) is 5.01. The Hall–Kier alpha value is -3.07. The van der Waals surface area contributed by atoms with Crippen molar-refractivity contribution in [3.05, 3.63) is 95.4 Å². The lowest BCUT2D eigenvalue weighted by molar-refractivity contribution is 0.0600. The second-order valence-corrected chi connectivity index (χ2v) is 5.01. The average molecular weight is 304 g/mol. The molecule has 0 bridgehead atoms. The third-order valence-electron chi connectivity index (χ3n) is 3.51. The van der Waals surface area contributed by atoms with Crippen LogP contribution in [0.1, 0.15) is 27.2 Å². The van der Waals surface area contributed by atoms with E-state index in [1.165, 1.54) is 7.11 Å². The number of esters is 1. The number of hydrogen-bond donors (Lipinski definition) is 0. The lowest BCUT2D eigenvalue weighted by atomic mass is 10.00. The van der Waals surface area contributed by atoms with E-state index < -0.39 is 0 Å². The molecule has 0 N–H and O–H groups in total. The summed E-state index contributed by atoms with van der Waals surface area (Å²) < 4.78 is 10.3. The molecule has 0 aliphatic carbocycles. The van der Waals surface area contributed by atoms with Crippen molar-refractivity contribution >= 4 is 17.6 Å². The van der Waals surface area contributed by atoms with Gasteiger partial charge in [-0.2, -0.15) is 0 Å². The van der Waals surface area contributed by atoms with Crippen molar-refractivity contribution in [2.45, 2.75) is 0 Å². The topological polar surface area (TPSA) is 39.4 Å². The van der Waals surface area contributed by atoms with Crippen LogP contribution in [0.2, 0.25) is 0 Å². The number of carbonyl (C=O) groups is 1. The molecule has 1 heterocycles. The van der Waals surface area contributed by atoms with Crippen LogP contribution in [0.4, 0.5) is 0 Å². The van der Waals surface area contributed by atoms with Gasteiger partial charge < -0.3 is 9.15 Å². The third-order valence-corrected chi connectivity index (χ3v) is 3.51. The molecule has 0 atom stereocenters. The predicted octanol–water partition coefficient (Wildman–Crippen LogP) is 4.66. The maximum absolute atomic E-state index is 11.5. The molecular weight excluding hydrogens is 288 g/mol. The smallest absolute Gasteiger partial charge is 0.337 e. The van der Waals surface area contributed by atoms with Gasteiger partial charge in [-0.25, -0.2) is 4.79 Å². The van der Waals surface area contributed by atoms with Crippen molar-refractivity contribution in [1.29, 1.82) is 0 Å². The molecule has 0 aliphatic rings. The predicted molar refractivity (Wildman–Crippen MR) is 89.9 cm³/mol. The lowest BCUT2D eigenvalue weighted by Gasteiger charge is -2.06. The molecule has 0 fully saturated rings. The van der Waals surface area contributed by atoms with Crippen LogP contribution in [0.15, 0.2) is 77.4 Å². The number of rotatable bonds is 4. The van der Waals surface area contributed by atoms with Crippen molar-refractivity contribution < 1.29 is 13.9 Å². The number of furan rings is 1. The highest BCUT2D eigenvalue weighted by Gasteiger charge is 2.09. The highest BCUT2D eigenvalue weighted by atomic mass is 16.5. The summed E-state index contributed by atoms with van der Waals surface area (Å²) in [4.78, 5) is 11.5. The van der Waals surface area contributed by atoms with E-state index in [1.54, 1.807) is 18.4 Å². The summed E-state index contributed by atoms with van der Waals surface area (Å²) in [6.45, 7) is 0. The molecule has 114 valence electrons.